The van der Waals surface area contributed by atoms with Crippen molar-refractivity contribution >= 4 is 5.91 Å². The Kier molecular flexibility index (Phi) is 5.05. The van der Waals surface area contributed by atoms with Crippen LogP contribution in [0.15, 0.2) is 0 Å². The summed E-state index contributed by atoms with van der Waals surface area (Å²) >= 11 is 0. The average molecular weight is 214 g/mol. The maximum absolute atomic E-state index is 11.7. The third-order valence-corrected chi connectivity index (χ3v) is 3.15. The summed E-state index contributed by atoms with van der Waals surface area (Å²) < 4.78 is 0. The second-order valence-electron chi connectivity index (χ2n) is 4.54. The van der Waals surface area contributed by atoms with Crippen molar-refractivity contribution < 1.29 is 9.90 Å². The van der Waals surface area contributed by atoms with Crippen molar-refractivity contribution in [2.75, 3.05) is 20.2 Å². The average Bonchev–Trinajstić information content (AvgIpc) is 2.18. The molecule has 1 fully saturated rings. The minimum Gasteiger partial charge on any atom is -0.395 e. The molecule has 0 spiro atoms. The molecular weight excluding hydrogens is 192 g/mol. The number of carbonyl (C=O) groups excluding carboxylic acids is 1. The predicted octanol–water partition coefficient (Wildman–Crippen LogP) is 0.345. The zero-order chi connectivity index (χ0) is 11.3. The van der Waals surface area contributed by atoms with Crippen LogP contribution in [0.1, 0.15) is 32.1 Å². The first-order valence-corrected chi connectivity index (χ1v) is 5.74. The van der Waals surface area contributed by atoms with Crippen LogP contribution in [0.3, 0.4) is 0 Å². The molecule has 4 nitrogen and oxygen atoms in total. The van der Waals surface area contributed by atoms with Gasteiger partial charge in [0.25, 0.3) is 0 Å². The number of aliphatic hydroxyl groups is 1. The molecule has 1 rings (SSSR count). The molecule has 15 heavy (non-hydrogen) atoms. The molecule has 4 heteroatoms. The normalized spacial score (nSPS) is 26.3. The van der Waals surface area contributed by atoms with Crippen molar-refractivity contribution in [1.29, 1.82) is 0 Å². The maximum atomic E-state index is 11.7. The van der Waals surface area contributed by atoms with Crippen molar-refractivity contribution in [3.63, 3.8) is 0 Å². The molecule has 1 saturated carbocycles. The third kappa shape index (κ3) is 4.18. The van der Waals surface area contributed by atoms with Gasteiger partial charge >= 0.3 is 0 Å². The highest BCUT2D eigenvalue weighted by molar-refractivity contribution is 5.76. The number of nitrogens with zero attached hydrogens (tertiary/aromatic N) is 1. The highest BCUT2D eigenvalue weighted by Gasteiger charge is 2.22. The van der Waals surface area contributed by atoms with Gasteiger partial charge in [-0.2, -0.15) is 0 Å². The highest BCUT2D eigenvalue weighted by atomic mass is 16.3. The maximum Gasteiger partial charge on any atom is 0.222 e. The molecule has 2 atom stereocenters. The molecule has 0 bridgehead atoms. The quantitative estimate of drug-likeness (QED) is 0.709. The molecule has 0 aromatic rings. The SMILES string of the molecule is CN(CCO)C(=O)CC1CCCC(N)C1. The van der Waals surface area contributed by atoms with Crippen LogP contribution < -0.4 is 5.73 Å². The van der Waals surface area contributed by atoms with Crippen LogP contribution in [0.5, 0.6) is 0 Å². The zero-order valence-corrected chi connectivity index (χ0v) is 9.48. The molecule has 2 unspecified atom stereocenters. The first-order valence-electron chi connectivity index (χ1n) is 5.74. The Morgan fingerprint density at radius 1 is 1.53 bits per heavy atom. The monoisotopic (exact) mass is 214 g/mol. The summed E-state index contributed by atoms with van der Waals surface area (Å²) in [5, 5.41) is 8.72. The largest absolute Gasteiger partial charge is 0.395 e. The Bertz CT molecular complexity index is 209. The molecule has 0 aromatic heterocycles. The van der Waals surface area contributed by atoms with E-state index in [0.29, 0.717) is 18.9 Å². The van der Waals surface area contributed by atoms with Gasteiger partial charge in [0.15, 0.2) is 0 Å². The van der Waals surface area contributed by atoms with E-state index in [9.17, 15) is 4.79 Å². The lowest BCUT2D eigenvalue weighted by Crippen LogP contribution is -2.34. The summed E-state index contributed by atoms with van der Waals surface area (Å²) in [5.74, 6) is 0.575. The standard InChI is InChI=1S/C11H22N2O2/c1-13(5-6-14)11(15)8-9-3-2-4-10(12)7-9/h9-10,14H,2-8,12H2,1H3. The van der Waals surface area contributed by atoms with E-state index in [4.69, 9.17) is 10.8 Å². The van der Waals surface area contributed by atoms with Gasteiger partial charge in [0.2, 0.25) is 5.91 Å². The van der Waals surface area contributed by atoms with Crippen LogP contribution in [0.2, 0.25) is 0 Å². The van der Waals surface area contributed by atoms with Crippen molar-refractivity contribution in [3.05, 3.63) is 0 Å². The van der Waals surface area contributed by atoms with Crippen LogP contribution in [-0.4, -0.2) is 42.2 Å². The van der Waals surface area contributed by atoms with E-state index in [1.807, 2.05) is 0 Å². The summed E-state index contributed by atoms with van der Waals surface area (Å²) in [4.78, 5) is 13.3. The van der Waals surface area contributed by atoms with Crippen LogP contribution in [-0.2, 0) is 4.79 Å². The fourth-order valence-electron chi connectivity index (χ4n) is 2.20. The number of likely N-dealkylation sites (N-methyl/N-ethyl adjacent to an activating group) is 1. The van der Waals surface area contributed by atoms with Crippen LogP contribution in [0, 0.1) is 5.92 Å². The summed E-state index contributed by atoms with van der Waals surface area (Å²) in [6.07, 6.45) is 4.91. The van der Waals surface area contributed by atoms with E-state index in [-0.39, 0.29) is 18.6 Å². The first-order chi connectivity index (χ1) is 7.13. The third-order valence-electron chi connectivity index (χ3n) is 3.15. The molecule has 0 aliphatic heterocycles. The molecule has 1 aliphatic rings. The molecule has 88 valence electrons. The number of hydrogen-bond acceptors (Lipinski definition) is 3. The van der Waals surface area contributed by atoms with Gasteiger partial charge in [0, 0.05) is 26.1 Å². The van der Waals surface area contributed by atoms with Gasteiger partial charge in [-0.15, -0.1) is 0 Å². The molecule has 0 radical (unpaired) electrons. The lowest BCUT2D eigenvalue weighted by Gasteiger charge is -2.27. The molecule has 1 aliphatic carbocycles. The Balaban J connectivity index is 2.30. The van der Waals surface area contributed by atoms with Gasteiger partial charge in [0.05, 0.1) is 6.61 Å². The Morgan fingerprint density at radius 3 is 2.87 bits per heavy atom. The predicted molar refractivity (Wildman–Crippen MR) is 59.3 cm³/mol. The van der Waals surface area contributed by atoms with Gasteiger partial charge in [-0.1, -0.05) is 6.42 Å². The first kappa shape index (κ1) is 12.5. The molecule has 3 N–H and O–H groups in total. The summed E-state index contributed by atoms with van der Waals surface area (Å²) in [6.45, 7) is 0.462. The molecule has 0 aromatic carbocycles. The van der Waals surface area contributed by atoms with Gasteiger partial charge < -0.3 is 15.7 Å². The van der Waals surface area contributed by atoms with Crippen LogP contribution in [0.25, 0.3) is 0 Å². The van der Waals surface area contributed by atoms with Crippen LogP contribution in [0.4, 0.5) is 0 Å². The fourth-order valence-corrected chi connectivity index (χ4v) is 2.20. The number of rotatable bonds is 4. The lowest BCUT2D eigenvalue weighted by molar-refractivity contribution is -0.131. The van der Waals surface area contributed by atoms with Gasteiger partial charge in [-0.05, 0) is 25.2 Å². The van der Waals surface area contributed by atoms with Crippen molar-refractivity contribution in [1.82, 2.24) is 4.90 Å². The van der Waals surface area contributed by atoms with Gasteiger partial charge in [0.1, 0.15) is 0 Å². The van der Waals surface area contributed by atoms with Gasteiger partial charge in [-0.3, -0.25) is 4.79 Å². The Morgan fingerprint density at radius 2 is 2.27 bits per heavy atom. The number of nitrogens with two attached hydrogens (primary N) is 1. The fraction of sp³-hybridized carbons (Fsp3) is 0.909. The minimum atomic E-state index is 0.0341. The smallest absolute Gasteiger partial charge is 0.222 e. The number of amides is 1. The van der Waals surface area contributed by atoms with E-state index >= 15 is 0 Å². The molecule has 0 heterocycles. The van der Waals surface area contributed by atoms with E-state index in [0.717, 1.165) is 25.7 Å². The van der Waals surface area contributed by atoms with E-state index in [1.54, 1.807) is 11.9 Å². The van der Waals surface area contributed by atoms with E-state index in [1.165, 1.54) is 0 Å². The topological polar surface area (TPSA) is 66.6 Å². The van der Waals surface area contributed by atoms with Crippen molar-refractivity contribution in [2.45, 2.75) is 38.1 Å². The molecule has 1 amide bonds. The second kappa shape index (κ2) is 6.08. The van der Waals surface area contributed by atoms with Gasteiger partial charge in [-0.25, -0.2) is 0 Å². The minimum absolute atomic E-state index is 0.0341. The van der Waals surface area contributed by atoms with Crippen molar-refractivity contribution in [3.8, 4) is 0 Å². The van der Waals surface area contributed by atoms with Crippen molar-refractivity contribution in [2.24, 2.45) is 11.7 Å². The Hall–Kier alpha value is -0.610. The van der Waals surface area contributed by atoms with Crippen LogP contribution >= 0.6 is 0 Å². The highest BCUT2D eigenvalue weighted by Crippen LogP contribution is 2.26. The summed E-state index contributed by atoms with van der Waals surface area (Å²) in [6, 6.07) is 0.277. The lowest BCUT2D eigenvalue weighted by atomic mass is 9.84. The Labute approximate surface area is 91.4 Å². The number of hydrogen-bond donors (Lipinski definition) is 2. The summed E-state index contributed by atoms with van der Waals surface area (Å²) in [5.41, 5.74) is 5.87. The molecule has 0 saturated heterocycles. The zero-order valence-electron chi connectivity index (χ0n) is 9.48. The second-order valence-corrected chi connectivity index (χ2v) is 4.54. The van der Waals surface area contributed by atoms with E-state index in [2.05, 4.69) is 0 Å². The van der Waals surface area contributed by atoms with E-state index < -0.39 is 0 Å². The number of aliphatic hydroxyl groups excluding tert-OH is 1. The number of carbonyl (C=O) groups is 1. The summed E-state index contributed by atoms with van der Waals surface area (Å²) in [7, 11) is 1.74. The molecular formula is C11H22N2O2.